The molecule has 1 unspecified atom stereocenters. The molecule has 2 N–H and O–H groups in total. The fourth-order valence-electron chi connectivity index (χ4n) is 4.70. The van der Waals surface area contributed by atoms with Crippen molar-refractivity contribution in [2.45, 2.75) is 155 Å². The van der Waals surface area contributed by atoms with Crippen LogP contribution in [0.5, 0.6) is 0 Å². The molecule has 0 aliphatic carbocycles. The lowest BCUT2D eigenvalue weighted by atomic mass is 10.1. The summed E-state index contributed by atoms with van der Waals surface area (Å²) in [6, 6.07) is 0. The number of hydrogen-bond acceptors (Lipinski definition) is 6. The SMILES string of the molecule is CC/C=C\C/C=C\C/C=C\C/C=C\C/C=C\CCCC(=O)OC(COC(=O)CCCCCCC/C=C\CCCCCCC)COP(=O)(O)O. The zero-order chi connectivity index (χ0) is 36.1. The lowest BCUT2D eigenvalue weighted by molar-refractivity contribution is -0.161. The van der Waals surface area contributed by atoms with Gasteiger partial charge in [0.15, 0.2) is 6.10 Å². The fraction of sp³-hybridized carbons (Fsp3) is 0.650. The van der Waals surface area contributed by atoms with Crippen molar-refractivity contribution in [1.82, 2.24) is 0 Å². The summed E-state index contributed by atoms with van der Waals surface area (Å²) in [5, 5.41) is 0. The first-order chi connectivity index (χ1) is 23.8. The molecule has 0 bridgehead atoms. The van der Waals surface area contributed by atoms with Crippen LogP contribution in [0.25, 0.3) is 0 Å². The first-order valence-electron chi connectivity index (χ1n) is 18.7. The minimum atomic E-state index is -4.77. The van der Waals surface area contributed by atoms with E-state index in [1.165, 1.54) is 38.5 Å². The zero-order valence-electron chi connectivity index (χ0n) is 30.6. The van der Waals surface area contributed by atoms with Crippen molar-refractivity contribution < 1.29 is 37.9 Å². The van der Waals surface area contributed by atoms with Gasteiger partial charge in [-0.3, -0.25) is 14.1 Å². The average molecular weight is 707 g/mol. The van der Waals surface area contributed by atoms with E-state index < -0.39 is 32.5 Å². The van der Waals surface area contributed by atoms with Crippen LogP contribution in [-0.2, 0) is 28.2 Å². The molecule has 0 radical (unpaired) electrons. The van der Waals surface area contributed by atoms with Crippen molar-refractivity contribution in [3.05, 3.63) is 72.9 Å². The Morgan fingerprint density at radius 3 is 1.55 bits per heavy atom. The fourth-order valence-corrected chi connectivity index (χ4v) is 5.06. The summed E-state index contributed by atoms with van der Waals surface area (Å²) in [6.07, 6.45) is 44.8. The molecule has 0 rings (SSSR count). The summed E-state index contributed by atoms with van der Waals surface area (Å²) < 4.78 is 26.2. The number of carbonyl (C=O) groups is 2. The number of rotatable bonds is 33. The third-order valence-corrected chi connectivity index (χ3v) is 7.94. The second kappa shape index (κ2) is 35.3. The maximum absolute atomic E-state index is 12.3. The van der Waals surface area contributed by atoms with Crippen LogP contribution < -0.4 is 0 Å². The molecule has 0 amide bonds. The first-order valence-corrected chi connectivity index (χ1v) is 20.3. The smallest absolute Gasteiger partial charge is 0.462 e. The molecule has 0 saturated heterocycles. The van der Waals surface area contributed by atoms with Crippen LogP contribution in [0.1, 0.15) is 149 Å². The van der Waals surface area contributed by atoms with Gasteiger partial charge in [0.05, 0.1) is 6.61 Å². The van der Waals surface area contributed by atoms with Crippen LogP contribution >= 0.6 is 7.82 Å². The number of allylic oxidation sites excluding steroid dienone is 12. The van der Waals surface area contributed by atoms with E-state index in [0.717, 1.165) is 64.2 Å². The Bertz CT molecular complexity index is 1020. The molecule has 0 spiro atoms. The Morgan fingerprint density at radius 1 is 0.551 bits per heavy atom. The lowest BCUT2D eigenvalue weighted by Gasteiger charge is -2.18. The average Bonchev–Trinajstić information content (AvgIpc) is 3.07. The molecular formula is C40H67O8P. The van der Waals surface area contributed by atoms with Gasteiger partial charge in [-0.1, -0.05) is 132 Å². The topological polar surface area (TPSA) is 119 Å². The molecule has 49 heavy (non-hydrogen) atoms. The zero-order valence-corrected chi connectivity index (χ0v) is 31.5. The highest BCUT2D eigenvalue weighted by atomic mass is 31.2. The third-order valence-electron chi connectivity index (χ3n) is 7.46. The first kappa shape index (κ1) is 46.5. The minimum Gasteiger partial charge on any atom is -0.462 e. The third kappa shape index (κ3) is 38.1. The molecule has 8 nitrogen and oxygen atoms in total. The van der Waals surface area contributed by atoms with Crippen molar-refractivity contribution in [2.75, 3.05) is 13.2 Å². The number of esters is 2. The van der Waals surface area contributed by atoms with E-state index in [-0.39, 0.29) is 19.4 Å². The molecule has 0 aromatic rings. The highest BCUT2D eigenvalue weighted by molar-refractivity contribution is 7.46. The molecule has 9 heteroatoms. The van der Waals surface area contributed by atoms with Crippen molar-refractivity contribution in [3.63, 3.8) is 0 Å². The molecule has 0 aromatic carbocycles. The summed E-state index contributed by atoms with van der Waals surface area (Å²) >= 11 is 0. The molecule has 0 saturated carbocycles. The van der Waals surface area contributed by atoms with E-state index in [9.17, 15) is 14.2 Å². The van der Waals surface area contributed by atoms with E-state index in [1.54, 1.807) is 0 Å². The predicted octanol–water partition coefficient (Wildman–Crippen LogP) is 11.1. The van der Waals surface area contributed by atoms with Crippen LogP contribution in [-0.4, -0.2) is 41.0 Å². The van der Waals surface area contributed by atoms with Crippen LogP contribution in [0, 0.1) is 0 Å². The van der Waals surface area contributed by atoms with Gasteiger partial charge in [0.25, 0.3) is 0 Å². The van der Waals surface area contributed by atoms with E-state index in [4.69, 9.17) is 19.3 Å². The normalized spacial score (nSPS) is 13.3. The van der Waals surface area contributed by atoms with E-state index >= 15 is 0 Å². The highest BCUT2D eigenvalue weighted by Crippen LogP contribution is 2.35. The number of phosphoric ester groups is 1. The van der Waals surface area contributed by atoms with Gasteiger partial charge >= 0.3 is 19.8 Å². The maximum atomic E-state index is 12.3. The second-order valence-corrected chi connectivity index (χ2v) is 13.4. The number of phosphoric acid groups is 1. The van der Waals surface area contributed by atoms with Gasteiger partial charge in [0, 0.05) is 12.8 Å². The molecule has 1 atom stereocenters. The Kier molecular flexibility index (Phi) is 33.5. The summed E-state index contributed by atoms with van der Waals surface area (Å²) in [5.41, 5.74) is 0. The van der Waals surface area contributed by atoms with Gasteiger partial charge in [-0.15, -0.1) is 0 Å². The van der Waals surface area contributed by atoms with Crippen molar-refractivity contribution in [3.8, 4) is 0 Å². The van der Waals surface area contributed by atoms with Gasteiger partial charge in [-0.2, -0.15) is 0 Å². The van der Waals surface area contributed by atoms with Crippen molar-refractivity contribution in [2.24, 2.45) is 0 Å². The minimum absolute atomic E-state index is 0.128. The summed E-state index contributed by atoms with van der Waals surface area (Å²) in [4.78, 5) is 42.7. The Balaban J connectivity index is 4.11. The van der Waals surface area contributed by atoms with E-state index in [0.29, 0.717) is 19.3 Å². The molecule has 0 aromatic heterocycles. The molecule has 0 aliphatic heterocycles. The van der Waals surface area contributed by atoms with Gasteiger partial charge in [0.1, 0.15) is 6.61 Å². The summed E-state index contributed by atoms with van der Waals surface area (Å²) in [5.74, 6) is -0.970. The number of carbonyl (C=O) groups excluding carboxylic acids is 2. The number of unbranched alkanes of at least 4 members (excludes halogenated alkanes) is 11. The summed E-state index contributed by atoms with van der Waals surface area (Å²) in [7, 11) is -4.77. The Labute approximate surface area is 298 Å². The predicted molar refractivity (Wildman–Crippen MR) is 202 cm³/mol. The van der Waals surface area contributed by atoms with Crippen molar-refractivity contribution in [1.29, 1.82) is 0 Å². The van der Waals surface area contributed by atoms with Crippen molar-refractivity contribution >= 4 is 19.8 Å². The van der Waals surface area contributed by atoms with Crippen LogP contribution in [0.15, 0.2) is 72.9 Å². The maximum Gasteiger partial charge on any atom is 0.469 e. The van der Waals surface area contributed by atoms with Gasteiger partial charge in [-0.25, -0.2) is 4.57 Å². The highest BCUT2D eigenvalue weighted by Gasteiger charge is 2.22. The molecule has 0 fully saturated rings. The Morgan fingerprint density at radius 2 is 1.00 bits per heavy atom. The molecular weight excluding hydrogens is 639 g/mol. The quantitative estimate of drug-likeness (QED) is 0.0299. The second-order valence-electron chi connectivity index (χ2n) is 12.2. The molecule has 0 aliphatic rings. The largest absolute Gasteiger partial charge is 0.469 e. The molecule has 0 heterocycles. The molecule has 280 valence electrons. The van der Waals surface area contributed by atoms with E-state index in [2.05, 4.69) is 79.1 Å². The van der Waals surface area contributed by atoms with Crippen LogP contribution in [0.4, 0.5) is 0 Å². The van der Waals surface area contributed by atoms with E-state index in [1.807, 2.05) is 12.2 Å². The van der Waals surface area contributed by atoms with Gasteiger partial charge < -0.3 is 19.3 Å². The monoisotopic (exact) mass is 706 g/mol. The number of hydrogen-bond donors (Lipinski definition) is 2. The van der Waals surface area contributed by atoms with Crippen LogP contribution in [0.3, 0.4) is 0 Å². The summed E-state index contributed by atoms with van der Waals surface area (Å²) in [6.45, 7) is 3.48. The Hall–Kier alpha value is -2.51. The standard InChI is InChI=1S/C40H67O8P/c1-3-5-7-9-11-13-15-17-19-20-21-23-25-27-29-31-33-35-40(42)48-38(37-47-49(43,44)45)36-46-39(41)34-32-30-28-26-24-22-18-16-14-12-10-8-6-4-2/h5,7,11,13,16-19,21,23,27,29,38H,3-4,6,8-10,12,14-15,20,22,24-26,28,30-37H2,1-2H3,(H2,43,44,45)/b7-5-,13-11-,18-16-,19-17-,23-21-,29-27-. The van der Waals surface area contributed by atoms with Crippen LogP contribution in [0.2, 0.25) is 0 Å². The van der Waals surface area contributed by atoms with Gasteiger partial charge in [-0.05, 0) is 77.0 Å². The van der Waals surface area contributed by atoms with Gasteiger partial charge in [0.2, 0.25) is 0 Å². The number of ether oxygens (including phenoxy) is 2. The lowest BCUT2D eigenvalue weighted by Crippen LogP contribution is -2.29.